The van der Waals surface area contributed by atoms with Crippen LogP contribution in [0.15, 0.2) is 24.3 Å². The van der Waals surface area contributed by atoms with Gasteiger partial charge in [0.25, 0.3) is 0 Å². The molecule has 7 heteroatoms. The van der Waals surface area contributed by atoms with Crippen LogP contribution in [0, 0.1) is 5.82 Å². The summed E-state index contributed by atoms with van der Waals surface area (Å²) < 4.78 is 12.9. The average Bonchev–Trinajstić information content (AvgIpc) is 2.94. The van der Waals surface area contributed by atoms with Gasteiger partial charge >= 0.3 is 5.97 Å². The molecule has 0 radical (unpaired) electrons. The van der Waals surface area contributed by atoms with E-state index in [0.29, 0.717) is 18.2 Å². The fourth-order valence-electron chi connectivity index (χ4n) is 1.80. The normalized spacial score (nSPS) is 10.6. The van der Waals surface area contributed by atoms with Crippen LogP contribution in [0.5, 0.6) is 0 Å². The second-order valence-corrected chi connectivity index (χ2v) is 5.56. The summed E-state index contributed by atoms with van der Waals surface area (Å²) in [7, 11) is 0. The number of aryl methyl sites for hydroxylation is 1. The number of aliphatic carboxylic acids is 1. The van der Waals surface area contributed by atoms with E-state index >= 15 is 0 Å². The molecule has 5 nitrogen and oxygen atoms in total. The van der Waals surface area contributed by atoms with Crippen molar-refractivity contribution in [1.82, 2.24) is 10.2 Å². The Morgan fingerprint density at radius 2 is 2.05 bits per heavy atom. The molecule has 0 aliphatic heterocycles. The highest BCUT2D eigenvalue weighted by Gasteiger charge is 2.14. The lowest BCUT2D eigenvalue weighted by molar-refractivity contribution is -0.136. The molecule has 0 fully saturated rings. The van der Waals surface area contributed by atoms with Crippen molar-refractivity contribution >= 4 is 22.4 Å². The number of hydrogen-bond donors (Lipinski definition) is 1. The Bertz CT molecular complexity index is 601. The van der Waals surface area contributed by atoms with Crippen LogP contribution < -0.4 is 4.90 Å². The molecule has 0 unspecified atom stereocenters. The Balaban J connectivity index is 2.14. The fourth-order valence-corrected chi connectivity index (χ4v) is 2.60. The molecule has 1 N–H and O–H groups in total. The van der Waals surface area contributed by atoms with Crippen LogP contribution in [0.3, 0.4) is 0 Å². The van der Waals surface area contributed by atoms with Gasteiger partial charge in [-0.1, -0.05) is 30.4 Å². The van der Waals surface area contributed by atoms with Crippen molar-refractivity contribution in [3.05, 3.63) is 40.7 Å². The van der Waals surface area contributed by atoms with Crippen LogP contribution in [-0.4, -0.2) is 27.8 Å². The lowest BCUT2D eigenvalue weighted by Gasteiger charge is -2.20. The first kappa shape index (κ1) is 15.4. The van der Waals surface area contributed by atoms with Gasteiger partial charge in [0, 0.05) is 13.1 Å². The first-order chi connectivity index (χ1) is 10.1. The van der Waals surface area contributed by atoms with Crippen molar-refractivity contribution in [2.24, 2.45) is 0 Å². The van der Waals surface area contributed by atoms with Gasteiger partial charge in [-0.3, -0.25) is 4.79 Å². The van der Waals surface area contributed by atoms with Crippen LogP contribution in [0.2, 0.25) is 0 Å². The lowest BCUT2D eigenvalue weighted by Crippen LogP contribution is -2.25. The zero-order valence-electron chi connectivity index (χ0n) is 11.6. The molecular formula is C14H16FN3O2S. The Morgan fingerprint density at radius 3 is 2.62 bits per heavy atom. The molecular weight excluding hydrogens is 293 g/mol. The van der Waals surface area contributed by atoms with Gasteiger partial charge in [-0.05, 0) is 24.1 Å². The molecule has 2 aromatic rings. The van der Waals surface area contributed by atoms with Crippen LogP contribution in [0.25, 0.3) is 0 Å². The topological polar surface area (TPSA) is 66.3 Å². The number of halogens is 1. The molecule has 0 amide bonds. The monoisotopic (exact) mass is 309 g/mol. The largest absolute Gasteiger partial charge is 0.481 e. The summed E-state index contributed by atoms with van der Waals surface area (Å²) in [6.07, 6.45) is 0.809. The van der Waals surface area contributed by atoms with Crippen LogP contribution in [-0.2, 0) is 17.8 Å². The van der Waals surface area contributed by atoms with E-state index in [9.17, 15) is 9.18 Å². The average molecular weight is 309 g/mol. The predicted molar refractivity (Wildman–Crippen MR) is 79.0 cm³/mol. The van der Waals surface area contributed by atoms with E-state index in [1.54, 1.807) is 12.1 Å². The van der Waals surface area contributed by atoms with E-state index in [4.69, 9.17) is 5.11 Å². The zero-order chi connectivity index (χ0) is 15.2. The maximum atomic E-state index is 12.9. The predicted octanol–water partition coefficient (Wildman–Crippen LogP) is 2.72. The molecule has 0 atom stereocenters. The van der Waals surface area contributed by atoms with Gasteiger partial charge in [0.2, 0.25) is 5.13 Å². The Kier molecular flexibility index (Phi) is 5.21. The quantitative estimate of drug-likeness (QED) is 0.852. The molecule has 21 heavy (non-hydrogen) atoms. The molecule has 1 aromatic carbocycles. The standard InChI is InChI=1S/C14H16FN3O2S/c1-2-12-16-17-14(21-12)18(8-7-13(19)20)9-10-3-5-11(15)6-4-10/h3-6H,2,7-9H2,1H3,(H,19,20). The van der Waals surface area contributed by atoms with Crippen LogP contribution in [0.1, 0.15) is 23.9 Å². The zero-order valence-corrected chi connectivity index (χ0v) is 12.4. The lowest BCUT2D eigenvalue weighted by atomic mass is 10.2. The van der Waals surface area contributed by atoms with E-state index < -0.39 is 5.97 Å². The molecule has 0 aliphatic rings. The summed E-state index contributed by atoms with van der Waals surface area (Å²) in [6.45, 7) is 2.81. The number of nitrogens with zero attached hydrogens (tertiary/aromatic N) is 3. The Labute approximate surface area is 126 Å². The van der Waals surface area contributed by atoms with Crippen molar-refractivity contribution in [2.45, 2.75) is 26.3 Å². The van der Waals surface area contributed by atoms with E-state index in [0.717, 1.165) is 17.0 Å². The summed E-state index contributed by atoms with van der Waals surface area (Å²) >= 11 is 1.45. The summed E-state index contributed by atoms with van der Waals surface area (Å²) in [5, 5.41) is 18.6. The van der Waals surface area contributed by atoms with Gasteiger partial charge in [-0.15, -0.1) is 10.2 Å². The molecule has 0 spiro atoms. The van der Waals surface area contributed by atoms with Gasteiger partial charge in [0.15, 0.2) is 0 Å². The molecule has 112 valence electrons. The minimum Gasteiger partial charge on any atom is -0.481 e. The number of carboxylic acids is 1. The van der Waals surface area contributed by atoms with Crippen LogP contribution >= 0.6 is 11.3 Å². The van der Waals surface area contributed by atoms with Crippen molar-refractivity contribution in [2.75, 3.05) is 11.4 Å². The van der Waals surface area contributed by atoms with E-state index in [1.165, 1.54) is 23.5 Å². The highest BCUT2D eigenvalue weighted by molar-refractivity contribution is 7.15. The summed E-state index contributed by atoms with van der Waals surface area (Å²) in [5.41, 5.74) is 0.898. The third kappa shape index (κ3) is 4.49. The fraction of sp³-hybridized carbons (Fsp3) is 0.357. The molecule has 1 aromatic heterocycles. The van der Waals surface area contributed by atoms with Crippen molar-refractivity contribution in [3.63, 3.8) is 0 Å². The van der Waals surface area contributed by atoms with Gasteiger partial charge in [0.1, 0.15) is 10.8 Å². The third-order valence-electron chi connectivity index (χ3n) is 2.91. The molecule has 0 saturated carbocycles. The summed E-state index contributed by atoms with van der Waals surface area (Å²) in [4.78, 5) is 12.6. The number of benzene rings is 1. The molecule has 2 rings (SSSR count). The van der Waals surface area contributed by atoms with Gasteiger partial charge in [0.05, 0.1) is 6.42 Å². The summed E-state index contributed by atoms with van der Waals surface area (Å²) in [5.74, 6) is -1.15. The van der Waals surface area contributed by atoms with Gasteiger partial charge in [-0.2, -0.15) is 0 Å². The first-order valence-electron chi connectivity index (χ1n) is 6.62. The van der Waals surface area contributed by atoms with Crippen molar-refractivity contribution in [1.29, 1.82) is 0 Å². The van der Waals surface area contributed by atoms with Gasteiger partial charge < -0.3 is 10.0 Å². The minimum absolute atomic E-state index is 0.0161. The number of rotatable bonds is 7. The Hall–Kier alpha value is -2.02. The van der Waals surface area contributed by atoms with E-state index in [1.807, 2.05) is 11.8 Å². The van der Waals surface area contributed by atoms with Crippen molar-refractivity contribution in [3.8, 4) is 0 Å². The minimum atomic E-state index is -0.862. The second-order valence-electron chi connectivity index (χ2n) is 4.52. The van der Waals surface area contributed by atoms with Crippen LogP contribution in [0.4, 0.5) is 9.52 Å². The van der Waals surface area contributed by atoms with E-state index in [-0.39, 0.29) is 12.2 Å². The Morgan fingerprint density at radius 1 is 1.33 bits per heavy atom. The SMILES string of the molecule is CCc1nnc(N(CCC(=O)O)Cc2ccc(F)cc2)s1. The third-order valence-corrected chi connectivity index (χ3v) is 4.04. The molecule has 0 aliphatic carbocycles. The number of aromatic nitrogens is 2. The van der Waals surface area contributed by atoms with Gasteiger partial charge in [-0.25, -0.2) is 4.39 Å². The molecule has 0 bridgehead atoms. The van der Waals surface area contributed by atoms with E-state index in [2.05, 4.69) is 10.2 Å². The highest BCUT2D eigenvalue weighted by Crippen LogP contribution is 2.23. The first-order valence-corrected chi connectivity index (χ1v) is 7.43. The number of carbonyl (C=O) groups is 1. The highest BCUT2D eigenvalue weighted by atomic mass is 32.1. The maximum absolute atomic E-state index is 12.9. The number of carboxylic acid groups (broad SMARTS) is 1. The smallest absolute Gasteiger partial charge is 0.305 e. The number of anilines is 1. The van der Waals surface area contributed by atoms with Crippen molar-refractivity contribution < 1.29 is 14.3 Å². The molecule has 0 saturated heterocycles. The number of hydrogen-bond acceptors (Lipinski definition) is 5. The second kappa shape index (κ2) is 7.12. The maximum Gasteiger partial charge on any atom is 0.305 e. The molecule has 1 heterocycles. The summed E-state index contributed by atoms with van der Waals surface area (Å²) in [6, 6.07) is 6.15.